The molecular weight excluding hydrogens is 538 g/mol. The van der Waals surface area contributed by atoms with Crippen LogP contribution in [-0.4, -0.2) is 50.2 Å². The highest BCUT2D eigenvalue weighted by Gasteiger charge is 2.38. The first-order valence-electron chi connectivity index (χ1n) is 12.7. The van der Waals surface area contributed by atoms with Crippen molar-refractivity contribution < 1.29 is 22.4 Å². The number of hydrogen-bond acceptors (Lipinski definition) is 6. The van der Waals surface area contributed by atoms with Crippen LogP contribution in [0.1, 0.15) is 11.1 Å². The lowest BCUT2D eigenvalue weighted by molar-refractivity contribution is -0.167. The van der Waals surface area contributed by atoms with Gasteiger partial charge in [-0.15, -0.1) is 0 Å². The summed E-state index contributed by atoms with van der Waals surface area (Å²) >= 11 is 0. The predicted octanol–water partition coefficient (Wildman–Crippen LogP) is 5.83. The third kappa shape index (κ3) is 5.33. The van der Waals surface area contributed by atoms with Gasteiger partial charge in [-0.25, -0.2) is 18.9 Å². The summed E-state index contributed by atoms with van der Waals surface area (Å²) < 4.78 is 55.4. The second-order valence-electron chi connectivity index (χ2n) is 9.77. The van der Waals surface area contributed by atoms with Crippen molar-refractivity contribution in [1.82, 2.24) is 24.5 Å². The first-order chi connectivity index (χ1) is 19.7. The van der Waals surface area contributed by atoms with Crippen LogP contribution in [0.25, 0.3) is 28.0 Å². The summed E-state index contributed by atoms with van der Waals surface area (Å²) in [7, 11) is 2.06. The molecule has 5 aromatic rings. The van der Waals surface area contributed by atoms with E-state index in [1.807, 2.05) is 17.4 Å². The van der Waals surface area contributed by atoms with E-state index in [-0.39, 0.29) is 23.0 Å². The van der Waals surface area contributed by atoms with Gasteiger partial charge in [0.1, 0.15) is 11.4 Å². The first kappa shape index (κ1) is 26.4. The molecule has 0 radical (unpaired) electrons. The molecule has 0 saturated carbocycles. The maximum Gasteiger partial charge on any atom is 0.471 e. The summed E-state index contributed by atoms with van der Waals surface area (Å²) in [6.45, 7) is 1.80. The molecule has 0 atom stereocenters. The van der Waals surface area contributed by atoms with Gasteiger partial charge in [-0.3, -0.25) is 4.79 Å². The van der Waals surface area contributed by atoms with Crippen LogP contribution in [0.15, 0.2) is 73.1 Å². The van der Waals surface area contributed by atoms with Gasteiger partial charge in [0.05, 0.1) is 17.3 Å². The number of alkyl halides is 3. The second kappa shape index (κ2) is 10.3. The molecule has 2 aromatic carbocycles. The van der Waals surface area contributed by atoms with Gasteiger partial charge in [0.2, 0.25) is 5.95 Å². The molecule has 0 aliphatic carbocycles. The van der Waals surface area contributed by atoms with Crippen LogP contribution in [-0.2, 0) is 17.8 Å². The number of hydrogen-bond donors (Lipinski definition) is 2. The molecule has 1 amide bonds. The Labute approximate surface area is 231 Å². The van der Waals surface area contributed by atoms with Gasteiger partial charge in [-0.1, -0.05) is 24.3 Å². The summed E-state index contributed by atoms with van der Waals surface area (Å²) in [5.41, 5.74) is 4.55. The van der Waals surface area contributed by atoms with Crippen LogP contribution in [0, 0.1) is 5.82 Å². The number of rotatable bonds is 5. The van der Waals surface area contributed by atoms with Crippen molar-refractivity contribution in [3.63, 3.8) is 0 Å². The molecule has 1 aliphatic heterocycles. The van der Waals surface area contributed by atoms with Gasteiger partial charge in [-0.05, 0) is 61.0 Å². The average molecular weight is 562 g/mol. The molecule has 0 fully saturated rings. The molecule has 0 saturated heterocycles. The zero-order chi connectivity index (χ0) is 28.7. The van der Waals surface area contributed by atoms with Crippen molar-refractivity contribution in [2.45, 2.75) is 19.1 Å². The number of aromatic nitrogens is 4. The second-order valence-corrected chi connectivity index (χ2v) is 9.77. The van der Waals surface area contributed by atoms with Crippen LogP contribution < -0.4 is 10.6 Å². The Bertz CT molecular complexity index is 1780. The van der Waals surface area contributed by atoms with E-state index >= 15 is 4.39 Å². The van der Waals surface area contributed by atoms with E-state index in [1.54, 1.807) is 30.5 Å². The quantitative estimate of drug-likeness (QED) is 0.263. The summed E-state index contributed by atoms with van der Waals surface area (Å²) in [5, 5.41) is 9.58. The van der Waals surface area contributed by atoms with Crippen molar-refractivity contribution in [3.8, 4) is 22.5 Å². The molecule has 6 rings (SSSR count). The Balaban J connectivity index is 1.41. The minimum absolute atomic E-state index is 0.0406. The molecule has 3 aromatic heterocycles. The Hall–Kier alpha value is -4.84. The Kier molecular flexibility index (Phi) is 6.62. The zero-order valence-electron chi connectivity index (χ0n) is 21.7. The molecule has 8 nitrogen and oxygen atoms in total. The van der Waals surface area contributed by atoms with Crippen LogP contribution in [0.2, 0.25) is 0 Å². The van der Waals surface area contributed by atoms with Gasteiger partial charge < -0.3 is 15.5 Å². The molecule has 12 heteroatoms. The maximum absolute atomic E-state index is 15.4. The van der Waals surface area contributed by atoms with E-state index in [2.05, 4.69) is 38.4 Å². The number of pyridine rings is 1. The Morgan fingerprint density at radius 1 is 0.976 bits per heavy atom. The Morgan fingerprint density at radius 3 is 2.66 bits per heavy atom. The highest BCUT2D eigenvalue weighted by molar-refractivity contribution is 5.96. The number of fused-ring (bicyclic) bond motifs is 2. The normalized spacial score (nSPS) is 13.7. The fraction of sp³-hybridized carbons (Fsp3) is 0.172. The van der Waals surface area contributed by atoms with Gasteiger partial charge in [0.25, 0.3) is 0 Å². The third-order valence-electron chi connectivity index (χ3n) is 6.84. The van der Waals surface area contributed by atoms with E-state index in [1.165, 1.54) is 33.8 Å². The predicted molar refractivity (Wildman–Crippen MR) is 146 cm³/mol. The van der Waals surface area contributed by atoms with Crippen LogP contribution in [0.3, 0.4) is 0 Å². The number of anilines is 3. The topological polar surface area (TPSA) is 87.5 Å². The lowest BCUT2D eigenvalue weighted by atomic mass is 9.99. The number of nitrogens with zero attached hydrogens (tertiary/aromatic N) is 5. The van der Waals surface area contributed by atoms with E-state index in [4.69, 9.17) is 0 Å². The highest BCUT2D eigenvalue weighted by atomic mass is 19.4. The summed E-state index contributed by atoms with van der Waals surface area (Å²) in [5.74, 6) is -2.64. The smallest absolute Gasteiger partial charge is 0.324 e. The van der Waals surface area contributed by atoms with Crippen molar-refractivity contribution in [3.05, 3.63) is 90.0 Å². The molecule has 41 heavy (non-hydrogen) atoms. The monoisotopic (exact) mass is 561 g/mol. The number of halogens is 4. The van der Waals surface area contributed by atoms with E-state index in [0.29, 0.717) is 16.6 Å². The Morgan fingerprint density at radius 2 is 1.83 bits per heavy atom. The van der Waals surface area contributed by atoms with Crippen molar-refractivity contribution in [1.29, 1.82) is 0 Å². The largest absolute Gasteiger partial charge is 0.471 e. The van der Waals surface area contributed by atoms with Crippen LogP contribution in [0.4, 0.5) is 34.9 Å². The SMILES string of the molecule is CN1CCc2ccc(Nc3ncc(F)c(-c4c(-c5cccc(NC(=O)C(F)(F)F)c5)nn5ccccc45)n3)cc2C1. The number of likely N-dealkylation sites (N-methyl/N-ethyl adjacent to an activating group) is 1. The number of nitrogens with one attached hydrogen (secondary N) is 2. The molecule has 208 valence electrons. The van der Waals surface area contributed by atoms with Gasteiger partial charge in [-0.2, -0.15) is 18.3 Å². The van der Waals surface area contributed by atoms with E-state index < -0.39 is 17.9 Å². The molecule has 0 bridgehead atoms. The fourth-order valence-electron chi connectivity index (χ4n) is 4.89. The highest BCUT2D eigenvalue weighted by Crippen LogP contribution is 2.37. The third-order valence-corrected chi connectivity index (χ3v) is 6.84. The van der Waals surface area contributed by atoms with E-state index in [0.717, 1.165) is 31.4 Å². The van der Waals surface area contributed by atoms with Crippen molar-refractivity contribution in [2.75, 3.05) is 24.2 Å². The average Bonchev–Trinajstić information content (AvgIpc) is 3.33. The summed E-state index contributed by atoms with van der Waals surface area (Å²) in [6.07, 6.45) is -1.36. The van der Waals surface area contributed by atoms with E-state index in [9.17, 15) is 18.0 Å². The molecule has 2 N–H and O–H groups in total. The number of carbonyl (C=O) groups is 1. The molecule has 1 aliphatic rings. The molecular formula is C29H23F4N7O. The van der Waals surface area contributed by atoms with Gasteiger partial charge >= 0.3 is 12.1 Å². The molecule has 0 unspecified atom stereocenters. The van der Waals surface area contributed by atoms with Gasteiger partial charge in [0.15, 0.2) is 5.82 Å². The summed E-state index contributed by atoms with van der Waals surface area (Å²) in [6, 6.07) is 17.0. The minimum atomic E-state index is -5.05. The first-order valence-corrected chi connectivity index (χ1v) is 12.7. The standard InChI is InChI=1S/C29H23F4N7O/c1-39-12-10-17-8-9-21(14-19(17)16-39)36-28-34-15-22(30)26(37-28)24-23-7-2-3-11-40(23)38-25(24)18-5-4-6-20(13-18)35-27(41)29(31,32)33/h2-9,11,13-15H,10,12,16H2,1H3,(H,35,41)(H,34,36,37). The number of amides is 1. The lowest BCUT2D eigenvalue weighted by Gasteiger charge is -2.25. The van der Waals surface area contributed by atoms with Gasteiger partial charge in [0, 0.05) is 36.2 Å². The maximum atomic E-state index is 15.4. The zero-order valence-corrected chi connectivity index (χ0v) is 21.7. The lowest BCUT2D eigenvalue weighted by Crippen LogP contribution is -2.29. The van der Waals surface area contributed by atoms with Crippen LogP contribution in [0.5, 0.6) is 0 Å². The minimum Gasteiger partial charge on any atom is -0.324 e. The molecule has 0 spiro atoms. The fourth-order valence-corrected chi connectivity index (χ4v) is 4.89. The summed E-state index contributed by atoms with van der Waals surface area (Å²) in [4.78, 5) is 22.4. The van der Waals surface area contributed by atoms with Crippen LogP contribution >= 0.6 is 0 Å². The van der Waals surface area contributed by atoms with Crippen molar-refractivity contribution in [2.24, 2.45) is 0 Å². The van der Waals surface area contributed by atoms with Crippen molar-refractivity contribution >= 4 is 28.7 Å². The molecule has 4 heterocycles. The number of carbonyl (C=O) groups excluding carboxylic acids is 1. The number of benzene rings is 2.